The molecular formula is C25H29NO6S. The van der Waals surface area contributed by atoms with Crippen LogP contribution in [0.3, 0.4) is 0 Å². The molecule has 0 aliphatic carbocycles. The molecule has 0 bridgehead atoms. The summed E-state index contributed by atoms with van der Waals surface area (Å²) < 4.78 is 22.0. The van der Waals surface area contributed by atoms with E-state index in [0.29, 0.717) is 33.6 Å². The summed E-state index contributed by atoms with van der Waals surface area (Å²) in [4.78, 5) is 26.9. The maximum absolute atomic E-state index is 12.9. The summed E-state index contributed by atoms with van der Waals surface area (Å²) in [5.41, 5.74) is 2.85. The molecule has 1 heterocycles. The van der Waals surface area contributed by atoms with Crippen LogP contribution in [0.25, 0.3) is 6.08 Å². The predicted octanol–water partition coefficient (Wildman–Crippen LogP) is 5.26. The Morgan fingerprint density at radius 1 is 0.970 bits per heavy atom. The van der Waals surface area contributed by atoms with Gasteiger partial charge in [-0.1, -0.05) is 26.0 Å². The second-order valence-electron chi connectivity index (χ2n) is 7.84. The molecule has 176 valence electrons. The number of methoxy groups -OCH3 is 3. The van der Waals surface area contributed by atoms with Crippen molar-refractivity contribution in [3.8, 4) is 23.0 Å². The number of benzene rings is 2. The van der Waals surface area contributed by atoms with Crippen LogP contribution in [0.5, 0.6) is 23.0 Å². The summed E-state index contributed by atoms with van der Waals surface area (Å²) in [6.45, 7) is 6.59. The van der Waals surface area contributed by atoms with Crippen LogP contribution >= 0.6 is 11.8 Å². The molecule has 1 saturated heterocycles. The highest BCUT2D eigenvalue weighted by molar-refractivity contribution is 8.18. The fourth-order valence-corrected chi connectivity index (χ4v) is 4.38. The summed E-state index contributed by atoms with van der Waals surface area (Å²) >= 11 is 0.900. The fourth-order valence-electron chi connectivity index (χ4n) is 3.52. The van der Waals surface area contributed by atoms with Crippen LogP contribution < -0.4 is 18.9 Å². The van der Waals surface area contributed by atoms with Crippen molar-refractivity contribution in [2.45, 2.75) is 26.7 Å². The molecule has 2 aromatic carbocycles. The molecule has 7 nitrogen and oxygen atoms in total. The van der Waals surface area contributed by atoms with E-state index in [1.807, 2.05) is 19.1 Å². The normalized spacial score (nSPS) is 14.9. The summed E-state index contributed by atoms with van der Waals surface area (Å²) in [7, 11) is 4.57. The van der Waals surface area contributed by atoms with Gasteiger partial charge in [0.05, 0.1) is 32.8 Å². The number of aryl methyl sites for hydroxylation is 1. The molecule has 1 aliphatic heterocycles. The van der Waals surface area contributed by atoms with Crippen molar-refractivity contribution in [3.05, 3.63) is 51.9 Å². The van der Waals surface area contributed by atoms with Gasteiger partial charge in [0.25, 0.3) is 11.1 Å². The average molecular weight is 472 g/mol. The van der Waals surface area contributed by atoms with Crippen LogP contribution in [0.1, 0.15) is 36.5 Å². The number of rotatable bonds is 9. The van der Waals surface area contributed by atoms with Gasteiger partial charge in [-0.15, -0.1) is 0 Å². The molecular weight excluding hydrogens is 442 g/mol. The molecule has 0 unspecified atom stereocenters. The van der Waals surface area contributed by atoms with Gasteiger partial charge in [0, 0.05) is 0 Å². The van der Waals surface area contributed by atoms with E-state index in [1.54, 1.807) is 18.2 Å². The van der Waals surface area contributed by atoms with Crippen LogP contribution in [0.4, 0.5) is 4.79 Å². The standard InChI is InChI=1S/C25H29NO6S/c1-15(2)18-8-7-16(3)11-19(18)32-10-9-26-24(27)22(33-25(26)28)14-17-12-20(29-4)23(31-6)21(13-17)30-5/h7-8,11-15H,9-10H2,1-6H3/b22-14-. The van der Waals surface area contributed by atoms with Gasteiger partial charge in [-0.05, 0) is 65.6 Å². The molecule has 0 aromatic heterocycles. The first kappa shape index (κ1) is 24.5. The minimum absolute atomic E-state index is 0.169. The molecule has 0 spiro atoms. The maximum atomic E-state index is 12.9. The lowest BCUT2D eigenvalue weighted by Crippen LogP contribution is -2.32. The number of carbonyl (C=O) groups is 2. The third kappa shape index (κ3) is 5.45. The van der Waals surface area contributed by atoms with E-state index in [1.165, 1.54) is 26.2 Å². The van der Waals surface area contributed by atoms with Gasteiger partial charge in [-0.2, -0.15) is 0 Å². The third-order valence-corrected chi connectivity index (χ3v) is 6.13. The summed E-state index contributed by atoms with van der Waals surface area (Å²) in [5, 5.41) is -0.324. The first-order chi connectivity index (χ1) is 15.8. The fraction of sp³-hybridized carbons (Fsp3) is 0.360. The van der Waals surface area contributed by atoms with Crippen molar-refractivity contribution in [1.82, 2.24) is 4.90 Å². The number of carbonyl (C=O) groups excluding carboxylic acids is 2. The summed E-state index contributed by atoms with van der Waals surface area (Å²) in [5.74, 6) is 2.13. The monoisotopic (exact) mass is 471 g/mol. The Morgan fingerprint density at radius 2 is 1.64 bits per heavy atom. The molecule has 2 amide bonds. The second-order valence-corrected chi connectivity index (χ2v) is 8.83. The molecule has 1 fully saturated rings. The Bertz CT molecular complexity index is 1050. The zero-order chi connectivity index (χ0) is 24.1. The highest BCUT2D eigenvalue weighted by atomic mass is 32.2. The highest BCUT2D eigenvalue weighted by Gasteiger charge is 2.35. The van der Waals surface area contributed by atoms with Crippen molar-refractivity contribution in [2.75, 3.05) is 34.5 Å². The zero-order valence-electron chi connectivity index (χ0n) is 19.8. The van der Waals surface area contributed by atoms with Gasteiger partial charge < -0.3 is 18.9 Å². The lowest BCUT2D eigenvalue weighted by Gasteiger charge is -2.17. The first-order valence-electron chi connectivity index (χ1n) is 10.6. The van der Waals surface area contributed by atoms with Gasteiger partial charge >= 0.3 is 0 Å². The predicted molar refractivity (Wildman–Crippen MR) is 130 cm³/mol. The van der Waals surface area contributed by atoms with Gasteiger partial charge in [-0.25, -0.2) is 0 Å². The molecule has 1 aliphatic rings. The third-order valence-electron chi connectivity index (χ3n) is 5.22. The van der Waals surface area contributed by atoms with Crippen molar-refractivity contribution < 1.29 is 28.5 Å². The molecule has 0 N–H and O–H groups in total. The molecule has 0 radical (unpaired) electrons. The molecule has 3 rings (SSSR count). The molecule has 33 heavy (non-hydrogen) atoms. The van der Waals surface area contributed by atoms with Gasteiger partial charge in [0.1, 0.15) is 12.4 Å². The Labute approximate surface area is 198 Å². The number of nitrogens with zero attached hydrogens (tertiary/aromatic N) is 1. The lowest BCUT2D eigenvalue weighted by atomic mass is 10.0. The van der Waals surface area contributed by atoms with E-state index < -0.39 is 0 Å². The summed E-state index contributed by atoms with van der Waals surface area (Å²) in [6.07, 6.45) is 1.65. The lowest BCUT2D eigenvalue weighted by molar-refractivity contribution is -0.123. The van der Waals surface area contributed by atoms with E-state index >= 15 is 0 Å². The van der Waals surface area contributed by atoms with E-state index in [4.69, 9.17) is 18.9 Å². The van der Waals surface area contributed by atoms with Crippen molar-refractivity contribution >= 4 is 29.0 Å². The van der Waals surface area contributed by atoms with E-state index in [-0.39, 0.29) is 24.3 Å². The maximum Gasteiger partial charge on any atom is 0.293 e. The highest BCUT2D eigenvalue weighted by Crippen LogP contribution is 2.40. The van der Waals surface area contributed by atoms with E-state index in [0.717, 1.165) is 28.6 Å². The number of amides is 2. The number of thioether (sulfide) groups is 1. The summed E-state index contributed by atoms with van der Waals surface area (Å²) in [6, 6.07) is 9.53. The quantitative estimate of drug-likeness (QED) is 0.462. The second kappa shape index (κ2) is 10.7. The number of hydrogen-bond donors (Lipinski definition) is 0. The van der Waals surface area contributed by atoms with Crippen LogP contribution in [0.2, 0.25) is 0 Å². The van der Waals surface area contributed by atoms with E-state index in [9.17, 15) is 9.59 Å². The number of imide groups is 1. The number of hydrogen-bond acceptors (Lipinski definition) is 7. The SMILES string of the molecule is COc1cc(/C=C2\SC(=O)N(CCOc3cc(C)ccc3C(C)C)C2=O)cc(OC)c1OC. The first-order valence-corrected chi connectivity index (χ1v) is 11.4. The topological polar surface area (TPSA) is 74.3 Å². The Kier molecular flexibility index (Phi) is 7.92. The van der Waals surface area contributed by atoms with Crippen LogP contribution in [-0.4, -0.2) is 50.5 Å². The minimum atomic E-state index is -0.351. The minimum Gasteiger partial charge on any atom is -0.493 e. The zero-order valence-corrected chi connectivity index (χ0v) is 20.6. The van der Waals surface area contributed by atoms with Crippen LogP contribution in [0.15, 0.2) is 35.2 Å². The Hall–Kier alpha value is -3.13. The van der Waals surface area contributed by atoms with Crippen LogP contribution in [0, 0.1) is 6.92 Å². The molecule has 8 heteroatoms. The van der Waals surface area contributed by atoms with Crippen molar-refractivity contribution in [1.29, 1.82) is 0 Å². The van der Waals surface area contributed by atoms with Gasteiger partial charge in [0.2, 0.25) is 5.75 Å². The van der Waals surface area contributed by atoms with Crippen molar-refractivity contribution in [3.63, 3.8) is 0 Å². The Balaban J connectivity index is 1.74. The largest absolute Gasteiger partial charge is 0.493 e. The van der Waals surface area contributed by atoms with Crippen molar-refractivity contribution in [2.24, 2.45) is 0 Å². The molecule has 2 aromatic rings. The van der Waals surface area contributed by atoms with Gasteiger partial charge in [-0.3, -0.25) is 14.5 Å². The smallest absolute Gasteiger partial charge is 0.293 e. The Morgan fingerprint density at radius 3 is 2.21 bits per heavy atom. The number of ether oxygens (including phenoxy) is 4. The molecule has 0 saturated carbocycles. The van der Waals surface area contributed by atoms with E-state index in [2.05, 4.69) is 19.9 Å². The average Bonchev–Trinajstić information content (AvgIpc) is 3.05. The van der Waals surface area contributed by atoms with Gasteiger partial charge in [0.15, 0.2) is 11.5 Å². The van der Waals surface area contributed by atoms with Crippen LogP contribution in [-0.2, 0) is 4.79 Å². The molecule has 0 atom stereocenters.